The Morgan fingerprint density at radius 1 is 1.22 bits per heavy atom. The van der Waals surface area contributed by atoms with E-state index in [-0.39, 0.29) is 30.3 Å². The van der Waals surface area contributed by atoms with Crippen LogP contribution in [0.4, 0.5) is 5.00 Å². The Labute approximate surface area is 219 Å². The number of carbonyl (C=O) groups is 2. The second kappa shape index (κ2) is 12.2. The van der Waals surface area contributed by atoms with Crippen LogP contribution in [0, 0.1) is 0 Å². The smallest absolute Gasteiger partial charge is 0.341 e. The summed E-state index contributed by atoms with van der Waals surface area (Å²) in [5.41, 5.74) is 1.53. The van der Waals surface area contributed by atoms with E-state index >= 15 is 0 Å². The number of ether oxygens (including phenoxy) is 2. The second-order valence-electron chi connectivity index (χ2n) is 8.61. The molecular formula is C26H30N4O4S2. The summed E-state index contributed by atoms with van der Waals surface area (Å²) in [5, 5.41) is 12.6. The molecule has 3 aromatic rings. The fourth-order valence-corrected chi connectivity index (χ4v) is 6.01. The minimum Gasteiger partial charge on any atom is -0.486 e. The molecule has 2 heterocycles. The Balaban J connectivity index is 1.43. The highest BCUT2D eigenvalue weighted by molar-refractivity contribution is 7.99. The van der Waals surface area contributed by atoms with Gasteiger partial charge >= 0.3 is 5.97 Å². The highest BCUT2D eigenvalue weighted by Crippen LogP contribution is 2.39. The molecule has 0 aliphatic heterocycles. The van der Waals surface area contributed by atoms with E-state index in [0.29, 0.717) is 28.1 Å². The topological polar surface area (TPSA) is 95.3 Å². The van der Waals surface area contributed by atoms with Crippen LogP contribution in [0.3, 0.4) is 0 Å². The van der Waals surface area contributed by atoms with E-state index in [0.717, 1.165) is 41.9 Å². The predicted octanol–water partition coefficient (Wildman–Crippen LogP) is 5.28. The van der Waals surface area contributed by atoms with Crippen LogP contribution in [0.5, 0.6) is 5.75 Å². The van der Waals surface area contributed by atoms with Crippen molar-refractivity contribution in [3.05, 3.63) is 64.8 Å². The summed E-state index contributed by atoms with van der Waals surface area (Å²) >= 11 is 2.76. The number of aryl methyl sites for hydroxylation is 1. The lowest BCUT2D eigenvalue weighted by Gasteiger charge is -2.14. The Morgan fingerprint density at radius 2 is 2.00 bits per heavy atom. The van der Waals surface area contributed by atoms with Crippen LogP contribution >= 0.6 is 23.1 Å². The molecule has 1 amide bonds. The molecule has 1 aliphatic rings. The largest absolute Gasteiger partial charge is 0.486 e. The number of thioether (sulfide) groups is 1. The molecule has 8 nitrogen and oxygen atoms in total. The summed E-state index contributed by atoms with van der Waals surface area (Å²) in [4.78, 5) is 26.9. The molecule has 1 N–H and O–H groups in total. The Hall–Kier alpha value is -3.11. The number of allylic oxidation sites excluding steroid dienone is 1. The number of aromatic nitrogens is 3. The van der Waals surface area contributed by atoms with Crippen molar-refractivity contribution >= 4 is 40.0 Å². The van der Waals surface area contributed by atoms with Crippen LogP contribution < -0.4 is 10.1 Å². The van der Waals surface area contributed by atoms with Crippen molar-refractivity contribution in [2.45, 2.75) is 63.9 Å². The standard InChI is InChI=1S/C26H30N4O4S2/c1-4-14-30-21(15-33-18-10-6-5-7-11-18)28-29-26(30)35-16-22(31)27-24-23(25(32)34-17(2)3)19-12-8-9-13-20(19)36-24/h4-7,10-11,17H,1,8-9,12-16H2,2-3H3,(H,27,31). The third-order valence-corrected chi connectivity index (χ3v) is 7.69. The number of nitrogens with zero attached hydrogens (tertiary/aromatic N) is 3. The van der Waals surface area contributed by atoms with Crippen molar-refractivity contribution < 1.29 is 19.1 Å². The third-order valence-electron chi connectivity index (χ3n) is 5.52. The van der Waals surface area contributed by atoms with Gasteiger partial charge in [-0.25, -0.2) is 4.79 Å². The zero-order valence-electron chi connectivity index (χ0n) is 20.5. The molecule has 10 heteroatoms. The molecule has 0 bridgehead atoms. The summed E-state index contributed by atoms with van der Waals surface area (Å²) in [6.45, 7) is 8.21. The zero-order valence-corrected chi connectivity index (χ0v) is 22.1. The Morgan fingerprint density at radius 3 is 2.75 bits per heavy atom. The normalized spacial score (nSPS) is 12.8. The lowest BCUT2D eigenvalue weighted by molar-refractivity contribution is -0.113. The summed E-state index contributed by atoms with van der Waals surface area (Å²) in [6.07, 6.45) is 5.40. The van der Waals surface area contributed by atoms with Gasteiger partial charge < -0.3 is 14.8 Å². The van der Waals surface area contributed by atoms with Crippen molar-refractivity contribution in [2.24, 2.45) is 0 Å². The first-order valence-corrected chi connectivity index (χ1v) is 13.8. The van der Waals surface area contributed by atoms with Gasteiger partial charge in [0.1, 0.15) is 17.4 Å². The molecule has 0 atom stereocenters. The number of benzene rings is 1. The van der Waals surface area contributed by atoms with Crippen molar-refractivity contribution in [2.75, 3.05) is 11.1 Å². The summed E-state index contributed by atoms with van der Waals surface area (Å²) in [7, 11) is 0. The highest BCUT2D eigenvalue weighted by atomic mass is 32.2. The van der Waals surface area contributed by atoms with Crippen LogP contribution in [0.2, 0.25) is 0 Å². The van der Waals surface area contributed by atoms with Gasteiger partial charge in [0, 0.05) is 11.4 Å². The van der Waals surface area contributed by atoms with E-state index in [1.54, 1.807) is 6.08 Å². The first-order valence-electron chi connectivity index (χ1n) is 11.9. The van der Waals surface area contributed by atoms with Gasteiger partial charge in [0.2, 0.25) is 5.91 Å². The van der Waals surface area contributed by atoms with Crippen molar-refractivity contribution in [1.82, 2.24) is 14.8 Å². The molecule has 0 spiro atoms. The number of fused-ring (bicyclic) bond motifs is 1. The molecule has 4 rings (SSSR count). The average Bonchev–Trinajstić information content (AvgIpc) is 3.42. The van der Waals surface area contributed by atoms with Crippen LogP contribution in [0.15, 0.2) is 48.1 Å². The number of rotatable bonds is 11. The number of nitrogens with one attached hydrogen (secondary N) is 1. The first kappa shape index (κ1) is 26.0. The van der Waals surface area contributed by atoms with Crippen LogP contribution in [0.25, 0.3) is 0 Å². The predicted molar refractivity (Wildman–Crippen MR) is 142 cm³/mol. The van der Waals surface area contributed by atoms with Gasteiger partial charge in [-0.05, 0) is 57.2 Å². The average molecular weight is 527 g/mol. The lowest BCUT2D eigenvalue weighted by Crippen LogP contribution is -2.19. The maximum atomic E-state index is 12.9. The Bertz CT molecular complexity index is 1220. The van der Waals surface area contributed by atoms with Crippen LogP contribution in [-0.2, 0) is 35.5 Å². The van der Waals surface area contributed by atoms with Crippen molar-refractivity contribution in [3.8, 4) is 5.75 Å². The molecule has 0 radical (unpaired) electrons. The molecule has 190 valence electrons. The van der Waals surface area contributed by atoms with E-state index in [1.165, 1.54) is 23.1 Å². The molecule has 0 saturated heterocycles. The molecule has 36 heavy (non-hydrogen) atoms. The second-order valence-corrected chi connectivity index (χ2v) is 10.7. The van der Waals surface area contributed by atoms with Gasteiger partial charge in [-0.3, -0.25) is 9.36 Å². The molecule has 1 aliphatic carbocycles. The van der Waals surface area contributed by atoms with E-state index in [1.807, 2.05) is 48.7 Å². The highest BCUT2D eigenvalue weighted by Gasteiger charge is 2.28. The van der Waals surface area contributed by atoms with Gasteiger partial charge in [0.15, 0.2) is 11.0 Å². The number of thiophene rings is 1. The maximum Gasteiger partial charge on any atom is 0.341 e. The number of hydrogen-bond acceptors (Lipinski definition) is 8. The number of para-hydroxylation sites is 1. The van der Waals surface area contributed by atoms with E-state index in [2.05, 4.69) is 22.1 Å². The maximum absolute atomic E-state index is 12.9. The minimum atomic E-state index is -0.374. The first-order chi connectivity index (χ1) is 17.5. The quantitative estimate of drug-likeness (QED) is 0.206. The summed E-state index contributed by atoms with van der Waals surface area (Å²) in [5.74, 6) is 0.917. The SMILES string of the molecule is C=CCn1c(COc2ccccc2)nnc1SCC(=O)Nc1sc2c(c1C(=O)OC(C)C)CCCC2. The molecule has 1 aromatic carbocycles. The lowest BCUT2D eigenvalue weighted by atomic mass is 9.95. The fourth-order valence-electron chi connectivity index (χ4n) is 3.95. The van der Waals surface area contributed by atoms with Crippen LogP contribution in [0.1, 0.15) is 53.3 Å². The van der Waals surface area contributed by atoms with Crippen molar-refractivity contribution in [1.29, 1.82) is 0 Å². The van der Waals surface area contributed by atoms with Gasteiger partial charge in [-0.1, -0.05) is 36.0 Å². The molecule has 0 saturated carbocycles. The molecule has 0 unspecified atom stereocenters. The number of anilines is 1. The summed E-state index contributed by atoms with van der Waals surface area (Å²) < 4.78 is 13.2. The van der Waals surface area contributed by atoms with Crippen LogP contribution in [-0.4, -0.2) is 38.5 Å². The molecular weight excluding hydrogens is 496 g/mol. The van der Waals surface area contributed by atoms with E-state index in [9.17, 15) is 9.59 Å². The number of amides is 1. The minimum absolute atomic E-state index is 0.121. The number of hydrogen-bond donors (Lipinski definition) is 1. The van der Waals surface area contributed by atoms with Gasteiger partial charge in [0.05, 0.1) is 17.4 Å². The number of carbonyl (C=O) groups excluding carboxylic acids is 2. The van der Waals surface area contributed by atoms with E-state index < -0.39 is 0 Å². The van der Waals surface area contributed by atoms with E-state index in [4.69, 9.17) is 9.47 Å². The third kappa shape index (κ3) is 6.36. The van der Waals surface area contributed by atoms with Gasteiger partial charge in [0.25, 0.3) is 0 Å². The molecule has 0 fully saturated rings. The number of esters is 1. The molecule has 2 aromatic heterocycles. The zero-order chi connectivity index (χ0) is 25.5. The van der Waals surface area contributed by atoms with Gasteiger partial charge in [-0.2, -0.15) is 0 Å². The van der Waals surface area contributed by atoms with Gasteiger partial charge in [-0.15, -0.1) is 28.1 Å². The fraction of sp³-hybridized carbons (Fsp3) is 0.385. The van der Waals surface area contributed by atoms with Crippen molar-refractivity contribution in [3.63, 3.8) is 0 Å². The summed E-state index contributed by atoms with van der Waals surface area (Å²) in [6, 6.07) is 9.49. The monoisotopic (exact) mass is 526 g/mol. The Kier molecular flexibility index (Phi) is 8.82.